The van der Waals surface area contributed by atoms with Gasteiger partial charge in [-0.1, -0.05) is 29.8 Å². The number of nitrogens with zero attached hydrogens (tertiary/aromatic N) is 4. The Balaban J connectivity index is 1.43. The average Bonchev–Trinajstić information content (AvgIpc) is 3.30. The van der Waals surface area contributed by atoms with Crippen LogP contribution in [0.2, 0.25) is 0 Å². The molecule has 0 fully saturated rings. The van der Waals surface area contributed by atoms with Crippen molar-refractivity contribution in [2.45, 2.75) is 33.4 Å². The quantitative estimate of drug-likeness (QED) is 0.404. The lowest BCUT2D eigenvalue weighted by Gasteiger charge is -2.34. The van der Waals surface area contributed by atoms with Crippen molar-refractivity contribution in [1.82, 2.24) is 19.4 Å². The highest BCUT2D eigenvalue weighted by Crippen LogP contribution is 2.31. The summed E-state index contributed by atoms with van der Waals surface area (Å²) in [7, 11) is 0. The van der Waals surface area contributed by atoms with Gasteiger partial charge in [-0.25, -0.2) is 14.4 Å². The van der Waals surface area contributed by atoms with Gasteiger partial charge >= 0.3 is 0 Å². The molecule has 0 unspecified atom stereocenters. The Kier molecular flexibility index (Phi) is 6.28. The number of carbonyl (C=O) groups excluding carboxylic acids is 1. The largest absolute Gasteiger partial charge is 0.394 e. The second kappa shape index (κ2) is 9.54. The fraction of sp³-hybridized carbons (Fsp3) is 0.250. The van der Waals surface area contributed by atoms with Gasteiger partial charge in [-0.15, -0.1) is 0 Å². The molecule has 36 heavy (non-hydrogen) atoms. The standard InChI is InChI=1S/C28H28FN5O2/c1-17-4-6-20(7-5-17)25(16-35)34-11-10-33-15-21(13-24(33)27(34)36)26-19(3)14-30-28(32-26)31-23-9-8-22(29)12-18(23)2/h4-9,12-15,25,35H,10-11,16H2,1-3H3,(H,30,31,32)/t25-/m1/s1. The van der Waals surface area contributed by atoms with E-state index in [1.165, 1.54) is 12.1 Å². The van der Waals surface area contributed by atoms with Crippen molar-refractivity contribution in [1.29, 1.82) is 0 Å². The van der Waals surface area contributed by atoms with Crippen LogP contribution >= 0.6 is 0 Å². The van der Waals surface area contributed by atoms with E-state index in [0.29, 0.717) is 30.4 Å². The summed E-state index contributed by atoms with van der Waals surface area (Å²) in [5, 5.41) is 13.3. The van der Waals surface area contributed by atoms with Crippen molar-refractivity contribution >= 4 is 17.5 Å². The summed E-state index contributed by atoms with van der Waals surface area (Å²) < 4.78 is 15.4. The minimum absolute atomic E-state index is 0.126. The van der Waals surface area contributed by atoms with Crippen LogP contribution in [0.4, 0.5) is 16.0 Å². The van der Waals surface area contributed by atoms with Gasteiger partial charge < -0.3 is 19.9 Å². The van der Waals surface area contributed by atoms with Gasteiger partial charge in [-0.2, -0.15) is 0 Å². The molecule has 7 nitrogen and oxygen atoms in total. The van der Waals surface area contributed by atoms with Gasteiger partial charge in [0.2, 0.25) is 5.95 Å². The van der Waals surface area contributed by atoms with E-state index < -0.39 is 6.04 Å². The Morgan fingerprint density at radius 2 is 1.83 bits per heavy atom. The van der Waals surface area contributed by atoms with Gasteiger partial charge in [-0.3, -0.25) is 4.79 Å². The van der Waals surface area contributed by atoms with Crippen molar-refractivity contribution in [2.75, 3.05) is 18.5 Å². The summed E-state index contributed by atoms with van der Waals surface area (Å²) >= 11 is 0. The third-order valence-corrected chi connectivity index (χ3v) is 6.65. The van der Waals surface area contributed by atoms with Crippen molar-refractivity contribution in [3.05, 3.63) is 94.7 Å². The number of aryl methyl sites for hydroxylation is 3. The summed E-state index contributed by atoms with van der Waals surface area (Å²) in [6, 6.07) is 13.8. The van der Waals surface area contributed by atoms with E-state index in [0.717, 1.165) is 33.5 Å². The zero-order valence-corrected chi connectivity index (χ0v) is 20.5. The number of hydrogen-bond donors (Lipinski definition) is 2. The van der Waals surface area contributed by atoms with Crippen molar-refractivity contribution in [2.24, 2.45) is 0 Å². The SMILES string of the molecule is Cc1ccc([C@@H](CO)N2CCn3cc(-c4nc(Nc5ccc(F)cc5C)ncc4C)cc3C2=O)cc1. The zero-order valence-electron chi connectivity index (χ0n) is 20.5. The number of halogens is 1. The Labute approximate surface area is 209 Å². The predicted octanol–water partition coefficient (Wildman–Crippen LogP) is 4.94. The molecule has 0 saturated heterocycles. The van der Waals surface area contributed by atoms with E-state index in [1.54, 1.807) is 17.2 Å². The fourth-order valence-electron chi connectivity index (χ4n) is 4.62. The number of hydrogen-bond acceptors (Lipinski definition) is 5. The highest BCUT2D eigenvalue weighted by Gasteiger charge is 2.31. The molecule has 1 amide bonds. The molecule has 3 heterocycles. The number of aromatic nitrogens is 3. The average molecular weight is 486 g/mol. The van der Waals surface area contributed by atoms with Gasteiger partial charge in [0, 0.05) is 36.7 Å². The van der Waals surface area contributed by atoms with E-state index in [1.807, 2.05) is 61.9 Å². The molecule has 0 bridgehead atoms. The van der Waals surface area contributed by atoms with Crippen LogP contribution in [0.15, 0.2) is 60.9 Å². The third kappa shape index (κ3) is 4.47. The third-order valence-electron chi connectivity index (χ3n) is 6.65. The molecule has 1 aliphatic rings. The number of benzene rings is 2. The smallest absolute Gasteiger partial charge is 0.271 e. The predicted molar refractivity (Wildman–Crippen MR) is 137 cm³/mol. The number of aliphatic hydroxyl groups excluding tert-OH is 1. The number of fused-ring (bicyclic) bond motifs is 1. The van der Waals surface area contributed by atoms with Crippen molar-refractivity contribution in [3.8, 4) is 11.3 Å². The molecule has 0 aliphatic carbocycles. The van der Waals surface area contributed by atoms with Crippen LogP contribution in [0.25, 0.3) is 11.3 Å². The molecule has 2 aromatic heterocycles. The number of nitrogens with one attached hydrogen (secondary N) is 1. The number of carbonyl (C=O) groups is 1. The first-order valence-corrected chi connectivity index (χ1v) is 11.9. The van der Waals surface area contributed by atoms with E-state index in [4.69, 9.17) is 4.98 Å². The maximum absolute atomic E-state index is 13.5. The number of rotatable bonds is 6. The van der Waals surface area contributed by atoms with Crippen LogP contribution in [-0.4, -0.2) is 43.6 Å². The summed E-state index contributed by atoms with van der Waals surface area (Å²) in [6.07, 6.45) is 3.67. The molecule has 184 valence electrons. The van der Waals surface area contributed by atoms with Gasteiger partial charge in [0.25, 0.3) is 5.91 Å². The Morgan fingerprint density at radius 3 is 2.56 bits per heavy atom. The second-order valence-electron chi connectivity index (χ2n) is 9.22. The lowest BCUT2D eigenvalue weighted by molar-refractivity contribution is 0.0526. The normalized spacial score (nSPS) is 14.0. The van der Waals surface area contributed by atoms with E-state index in [-0.39, 0.29) is 18.3 Å². The first-order chi connectivity index (χ1) is 17.3. The van der Waals surface area contributed by atoms with Gasteiger partial charge in [-0.05, 0) is 61.7 Å². The van der Waals surface area contributed by atoms with E-state index in [9.17, 15) is 14.3 Å². The Morgan fingerprint density at radius 1 is 1.06 bits per heavy atom. The molecule has 1 atom stereocenters. The molecule has 2 N–H and O–H groups in total. The first kappa shape index (κ1) is 23.7. The molecular weight excluding hydrogens is 457 g/mol. The summed E-state index contributed by atoms with van der Waals surface area (Å²) in [6.45, 7) is 6.72. The number of anilines is 2. The van der Waals surface area contributed by atoms with Gasteiger partial charge in [0.1, 0.15) is 11.5 Å². The summed E-state index contributed by atoms with van der Waals surface area (Å²) in [5.41, 5.74) is 6.47. The zero-order chi connectivity index (χ0) is 25.4. The van der Waals surface area contributed by atoms with Crippen LogP contribution < -0.4 is 5.32 Å². The molecule has 1 aliphatic heterocycles. The monoisotopic (exact) mass is 485 g/mol. The highest BCUT2D eigenvalue weighted by atomic mass is 19.1. The molecule has 2 aromatic carbocycles. The topological polar surface area (TPSA) is 83.3 Å². The lowest BCUT2D eigenvalue weighted by Crippen LogP contribution is -2.43. The van der Waals surface area contributed by atoms with Crippen molar-refractivity contribution < 1.29 is 14.3 Å². The molecular formula is C28H28FN5O2. The molecule has 0 radical (unpaired) electrons. The minimum atomic E-state index is -0.402. The minimum Gasteiger partial charge on any atom is -0.394 e. The number of aliphatic hydroxyl groups is 1. The van der Waals surface area contributed by atoms with Crippen LogP contribution in [0.3, 0.4) is 0 Å². The Bertz CT molecular complexity index is 1430. The Hall–Kier alpha value is -4.04. The molecule has 8 heteroatoms. The maximum atomic E-state index is 13.5. The molecule has 4 aromatic rings. The van der Waals surface area contributed by atoms with Gasteiger partial charge in [0.05, 0.1) is 18.3 Å². The first-order valence-electron chi connectivity index (χ1n) is 11.9. The summed E-state index contributed by atoms with van der Waals surface area (Å²) in [4.78, 5) is 24.3. The fourth-order valence-corrected chi connectivity index (χ4v) is 4.62. The molecule has 0 spiro atoms. The maximum Gasteiger partial charge on any atom is 0.271 e. The molecule has 0 saturated carbocycles. The summed E-state index contributed by atoms with van der Waals surface area (Å²) in [5.74, 6) is -0.0336. The van der Waals surface area contributed by atoms with E-state index >= 15 is 0 Å². The van der Waals surface area contributed by atoms with Gasteiger partial charge in [0.15, 0.2) is 0 Å². The molecule has 5 rings (SSSR count). The van der Waals surface area contributed by atoms with Crippen LogP contribution in [-0.2, 0) is 6.54 Å². The second-order valence-corrected chi connectivity index (χ2v) is 9.22. The van der Waals surface area contributed by atoms with Crippen LogP contribution in [0, 0.1) is 26.6 Å². The number of amides is 1. The highest BCUT2D eigenvalue weighted by molar-refractivity contribution is 5.95. The van der Waals surface area contributed by atoms with E-state index in [2.05, 4.69) is 10.3 Å². The van der Waals surface area contributed by atoms with Crippen LogP contribution in [0.1, 0.15) is 38.8 Å². The van der Waals surface area contributed by atoms with Crippen molar-refractivity contribution in [3.63, 3.8) is 0 Å². The lowest BCUT2D eigenvalue weighted by atomic mass is 10.0. The van der Waals surface area contributed by atoms with Crippen LogP contribution in [0.5, 0.6) is 0 Å².